The molecule has 2 atom stereocenters. The van der Waals surface area contributed by atoms with Crippen molar-refractivity contribution in [1.82, 2.24) is 14.5 Å². The number of hydrogen-bond acceptors (Lipinski definition) is 4. The molecule has 1 aliphatic carbocycles. The fourth-order valence-electron chi connectivity index (χ4n) is 2.75. The van der Waals surface area contributed by atoms with Crippen molar-refractivity contribution in [2.24, 2.45) is 11.7 Å². The quantitative estimate of drug-likeness (QED) is 0.759. The minimum Gasteiger partial charge on any atom is -0.395 e. The molecule has 5 heteroatoms. The SMILES string of the molecule is NC(C1CC1)C(CO)N1CCn2ccnc2C1. The maximum absolute atomic E-state index is 9.58. The van der Waals surface area contributed by atoms with E-state index < -0.39 is 0 Å². The topological polar surface area (TPSA) is 67.3 Å². The molecule has 1 aromatic rings. The molecule has 1 saturated carbocycles. The number of fused-ring (bicyclic) bond motifs is 1. The van der Waals surface area contributed by atoms with Crippen LogP contribution in [0.5, 0.6) is 0 Å². The molecule has 0 aromatic carbocycles. The van der Waals surface area contributed by atoms with Crippen molar-refractivity contribution in [3.8, 4) is 0 Å². The predicted molar refractivity (Wildman–Crippen MR) is 64.2 cm³/mol. The first kappa shape index (κ1) is 11.2. The van der Waals surface area contributed by atoms with Gasteiger partial charge in [-0.2, -0.15) is 0 Å². The molecule has 0 bridgehead atoms. The van der Waals surface area contributed by atoms with Crippen molar-refractivity contribution in [2.75, 3.05) is 13.2 Å². The molecule has 5 nitrogen and oxygen atoms in total. The van der Waals surface area contributed by atoms with Gasteiger partial charge in [0, 0.05) is 37.6 Å². The summed E-state index contributed by atoms with van der Waals surface area (Å²) in [4.78, 5) is 6.63. The van der Waals surface area contributed by atoms with Gasteiger partial charge in [0.05, 0.1) is 13.2 Å². The van der Waals surface area contributed by atoms with E-state index in [1.165, 1.54) is 12.8 Å². The Morgan fingerprint density at radius 2 is 2.29 bits per heavy atom. The van der Waals surface area contributed by atoms with Crippen molar-refractivity contribution in [1.29, 1.82) is 0 Å². The molecule has 0 amide bonds. The third-order valence-electron chi connectivity index (χ3n) is 4.04. The summed E-state index contributed by atoms with van der Waals surface area (Å²) in [6.45, 7) is 2.86. The van der Waals surface area contributed by atoms with Crippen LogP contribution in [0.4, 0.5) is 0 Å². The van der Waals surface area contributed by atoms with Gasteiger partial charge in [0.15, 0.2) is 0 Å². The molecule has 3 rings (SSSR count). The largest absolute Gasteiger partial charge is 0.395 e. The van der Waals surface area contributed by atoms with E-state index in [-0.39, 0.29) is 18.7 Å². The molecule has 2 unspecified atom stereocenters. The molecule has 17 heavy (non-hydrogen) atoms. The maximum atomic E-state index is 9.58. The first-order chi connectivity index (χ1) is 8.29. The van der Waals surface area contributed by atoms with Crippen LogP contribution in [0.15, 0.2) is 12.4 Å². The molecule has 2 heterocycles. The second-order valence-electron chi connectivity index (χ2n) is 5.17. The molecule has 1 aliphatic heterocycles. The fraction of sp³-hybridized carbons (Fsp3) is 0.750. The lowest BCUT2D eigenvalue weighted by Gasteiger charge is -2.37. The summed E-state index contributed by atoms with van der Waals surface area (Å²) in [7, 11) is 0. The molecule has 0 spiro atoms. The normalized spacial score (nSPS) is 24.4. The van der Waals surface area contributed by atoms with Gasteiger partial charge in [0.25, 0.3) is 0 Å². The molecule has 1 aromatic heterocycles. The third kappa shape index (κ3) is 2.10. The van der Waals surface area contributed by atoms with E-state index in [0.717, 1.165) is 25.5 Å². The molecule has 1 fully saturated rings. The second-order valence-corrected chi connectivity index (χ2v) is 5.17. The van der Waals surface area contributed by atoms with Crippen molar-refractivity contribution in [2.45, 2.75) is 38.0 Å². The van der Waals surface area contributed by atoms with E-state index in [9.17, 15) is 5.11 Å². The first-order valence-electron chi connectivity index (χ1n) is 6.40. The van der Waals surface area contributed by atoms with E-state index in [4.69, 9.17) is 5.73 Å². The smallest absolute Gasteiger partial charge is 0.122 e. The Morgan fingerprint density at radius 3 is 3.00 bits per heavy atom. The predicted octanol–water partition coefficient (Wildman–Crippen LogP) is -0.203. The lowest BCUT2D eigenvalue weighted by atomic mass is 10.0. The van der Waals surface area contributed by atoms with Crippen molar-refractivity contribution < 1.29 is 5.11 Å². The van der Waals surface area contributed by atoms with Gasteiger partial charge in [-0.15, -0.1) is 0 Å². The second kappa shape index (κ2) is 4.40. The van der Waals surface area contributed by atoms with Crippen LogP contribution in [-0.4, -0.2) is 44.8 Å². The van der Waals surface area contributed by atoms with Crippen LogP contribution in [0.2, 0.25) is 0 Å². The summed E-state index contributed by atoms with van der Waals surface area (Å²) in [5.41, 5.74) is 6.23. The molecule has 0 radical (unpaired) electrons. The van der Waals surface area contributed by atoms with Gasteiger partial charge in [-0.3, -0.25) is 4.90 Å². The van der Waals surface area contributed by atoms with Crippen LogP contribution >= 0.6 is 0 Å². The molecule has 0 saturated heterocycles. The Balaban J connectivity index is 1.71. The monoisotopic (exact) mass is 236 g/mol. The molecular formula is C12H20N4O. The summed E-state index contributed by atoms with van der Waals surface area (Å²) in [5, 5.41) is 9.58. The number of nitrogens with two attached hydrogens (primary N) is 1. The summed E-state index contributed by atoms with van der Waals surface area (Å²) in [6, 6.07) is 0.203. The van der Waals surface area contributed by atoms with Crippen molar-refractivity contribution in [3.05, 3.63) is 18.2 Å². The van der Waals surface area contributed by atoms with Gasteiger partial charge in [-0.1, -0.05) is 0 Å². The lowest BCUT2D eigenvalue weighted by Crippen LogP contribution is -2.53. The zero-order valence-corrected chi connectivity index (χ0v) is 10.00. The fourth-order valence-corrected chi connectivity index (χ4v) is 2.75. The number of hydrogen-bond donors (Lipinski definition) is 2. The van der Waals surface area contributed by atoms with Gasteiger partial charge >= 0.3 is 0 Å². The highest BCUT2D eigenvalue weighted by molar-refractivity contribution is 5.00. The number of imidazole rings is 1. The Kier molecular flexibility index (Phi) is 2.90. The summed E-state index contributed by atoms with van der Waals surface area (Å²) < 4.78 is 2.17. The van der Waals surface area contributed by atoms with Crippen LogP contribution in [0.1, 0.15) is 18.7 Å². The van der Waals surface area contributed by atoms with Crippen molar-refractivity contribution >= 4 is 0 Å². The van der Waals surface area contributed by atoms with Gasteiger partial charge in [-0.05, 0) is 18.8 Å². The highest BCUT2D eigenvalue weighted by Crippen LogP contribution is 2.34. The highest BCUT2D eigenvalue weighted by Gasteiger charge is 2.37. The Labute approximate surface area is 101 Å². The Hall–Kier alpha value is -0.910. The van der Waals surface area contributed by atoms with Gasteiger partial charge in [0.1, 0.15) is 5.82 Å². The summed E-state index contributed by atoms with van der Waals surface area (Å²) in [6.07, 6.45) is 6.30. The zero-order valence-electron chi connectivity index (χ0n) is 10.00. The molecule has 2 aliphatic rings. The summed E-state index contributed by atoms with van der Waals surface area (Å²) in [5.74, 6) is 1.70. The third-order valence-corrected chi connectivity index (χ3v) is 4.04. The molecule has 94 valence electrons. The van der Waals surface area contributed by atoms with Crippen LogP contribution in [0.3, 0.4) is 0 Å². The van der Waals surface area contributed by atoms with Crippen LogP contribution in [-0.2, 0) is 13.1 Å². The van der Waals surface area contributed by atoms with E-state index >= 15 is 0 Å². The zero-order chi connectivity index (χ0) is 11.8. The number of aromatic nitrogens is 2. The van der Waals surface area contributed by atoms with E-state index in [2.05, 4.69) is 14.5 Å². The lowest BCUT2D eigenvalue weighted by molar-refractivity contribution is 0.0747. The number of aliphatic hydroxyl groups is 1. The average molecular weight is 236 g/mol. The molecular weight excluding hydrogens is 216 g/mol. The first-order valence-corrected chi connectivity index (χ1v) is 6.40. The molecule has 3 N–H and O–H groups in total. The highest BCUT2D eigenvalue weighted by atomic mass is 16.3. The average Bonchev–Trinajstić information content (AvgIpc) is 3.09. The Bertz CT molecular complexity index is 388. The number of aliphatic hydroxyl groups excluding tert-OH is 1. The standard InChI is InChI=1S/C12H20N4O/c13-12(9-1-2-9)10(8-17)16-6-5-15-4-3-14-11(15)7-16/h3-4,9-10,12,17H,1-2,5-8,13H2. The van der Waals surface area contributed by atoms with E-state index in [1.54, 1.807) is 0 Å². The van der Waals surface area contributed by atoms with Crippen molar-refractivity contribution in [3.63, 3.8) is 0 Å². The number of nitrogens with zero attached hydrogens (tertiary/aromatic N) is 3. The van der Waals surface area contributed by atoms with Gasteiger partial charge in [-0.25, -0.2) is 4.98 Å². The maximum Gasteiger partial charge on any atom is 0.122 e. The van der Waals surface area contributed by atoms with Crippen LogP contribution in [0.25, 0.3) is 0 Å². The number of rotatable bonds is 4. The van der Waals surface area contributed by atoms with Gasteiger partial charge < -0.3 is 15.4 Å². The van der Waals surface area contributed by atoms with E-state index in [0.29, 0.717) is 5.92 Å². The summed E-state index contributed by atoms with van der Waals surface area (Å²) >= 11 is 0. The van der Waals surface area contributed by atoms with Gasteiger partial charge in [0.2, 0.25) is 0 Å². The van der Waals surface area contributed by atoms with E-state index in [1.807, 2.05) is 12.4 Å². The minimum absolute atomic E-state index is 0.0907. The Morgan fingerprint density at radius 1 is 1.47 bits per heavy atom. The minimum atomic E-state index is 0.0907. The van der Waals surface area contributed by atoms with Crippen LogP contribution in [0, 0.1) is 5.92 Å². The van der Waals surface area contributed by atoms with Crippen LogP contribution < -0.4 is 5.73 Å².